The van der Waals surface area contributed by atoms with Crippen molar-refractivity contribution in [1.29, 1.82) is 0 Å². The van der Waals surface area contributed by atoms with E-state index in [0.29, 0.717) is 0 Å². The number of hydrogen-bond donors (Lipinski definition) is 0. The Morgan fingerprint density at radius 2 is 0.867 bits per heavy atom. The van der Waals surface area contributed by atoms with Gasteiger partial charge in [-0.25, -0.2) is 0 Å². The van der Waals surface area contributed by atoms with E-state index in [4.69, 9.17) is 0 Å². The molecule has 15 heavy (non-hydrogen) atoms. The summed E-state index contributed by atoms with van der Waals surface area (Å²) in [5, 5.41) is 21.6. The molecule has 72 valence electrons. The molecular formula is C3H6B3N9. The molecule has 0 aromatic carbocycles. The molecule has 0 saturated carbocycles. The van der Waals surface area contributed by atoms with Crippen molar-refractivity contribution in [2.75, 3.05) is 0 Å². The Kier molecular flexibility index (Phi) is 4.19. The quantitative estimate of drug-likeness (QED) is 0.449. The van der Waals surface area contributed by atoms with Gasteiger partial charge in [-0.3, -0.25) is 15.1 Å². The lowest BCUT2D eigenvalue weighted by Gasteiger charge is -1.94. The van der Waals surface area contributed by atoms with E-state index in [2.05, 4.69) is 45.4 Å². The van der Waals surface area contributed by atoms with Gasteiger partial charge in [0.05, 0.1) is 0 Å². The second kappa shape index (κ2) is 5.68. The van der Waals surface area contributed by atoms with Crippen LogP contribution in [0.1, 0.15) is 0 Å². The van der Waals surface area contributed by atoms with Crippen LogP contribution >= 0.6 is 0 Å². The zero-order chi connectivity index (χ0) is 11.1. The maximum Gasteiger partial charge on any atom is 0.274 e. The SMILES string of the molecule is BN=Nc1nc(N=NB)nc(N=NB)n1. The van der Waals surface area contributed by atoms with E-state index in [-0.39, 0.29) is 17.8 Å². The Morgan fingerprint density at radius 1 is 0.600 bits per heavy atom. The number of rotatable bonds is 3. The Balaban J connectivity index is 3.19. The van der Waals surface area contributed by atoms with Gasteiger partial charge in [0, 0.05) is 0 Å². The highest BCUT2D eigenvalue weighted by Crippen LogP contribution is 2.16. The highest BCUT2D eigenvalue weighted by molar-refractivity contribution is 6.05. The molecule has 1 heterocycles. The van der Waals surface area contributed by atoms with Crippen molar-refractivity contribution in [3.05, 3.63) is 0 Å². The minimum Gasteiger partial charge on any atom is -0.260 e. The van der Waals surface area contributed by atoms with Crippen LogP contribution in [-0.2, 0) is 0 Å². The Bertz CT molecular complexity index is 339. The van der Waals surface area contributed by atoms with Crippen LogP contribution in [0.2, 0.25) is 0 Å². The van der Waals surface area contributed by atoms with Crippen molar-refractivity contribution in [1.82, 2.24) is 15.0 Å². The van der Waals surface area contributed by atoms with Crippen LogP contribution in [0.15, 0.2) is 30.4 Å². The largest absolute Gasteiger partial charge is 0.274 e. The summed E-state index contributed by atoms with van der Waals surface area (Å²) in [5.41, 5.74) is 0. The highest BCUT2D eigenvalue weighted by Gasteiger charge is 2.03. The Morgan fingerprint density at radius 3 is 1.07 bits per heavy atom. The fraction of sp³-hybridized carbons (Fsp3) is 0. The fourth-order valence-corrected chi connectivity index (χ4v) is 0.746. The molecule has 12 heteroatoms. The maximum absolute atomic E-state index is 3.85. The van der Waals surface area contributed by atoms with Gasteiger partial charge in [0.2, 0.25) is 0 Å². The summed E-state index contributed by atoms with van der Waals surface area (Å²) in [7, 11) is 4.52. The van der Waals surface area contributed by atoms with Gasteiger partial charge in [0.1, 0.15) is 0 Å². The molecular weight excluding hydrogens is 195 g/mol. The zero-order valence-electron chi connectivity index (χ0n) is 8.52. The van der Waals surface area contributed by atoms with Crippen LogP contribution in [0.4, 0.5) is 17.8 Å². The first-order chi connectivity index (χ1) is 7.30. The molecule has 0 aliphatic rings. The molecule has 0 radical (unpaired) electrons. The van der Waals surface area contributed by atoms with Gasteiger partial charge in [-0.05, 0) is 0 Å². The van der Waals surface area contributed by atoms with Crippen LogP contribution < -0.4 is 0 Å². The van der Waals surface area contributed by atoms with Crippen molar-refractivity contribution in [2.24, 2.45) is 30.4 Å². The van der Waals surface area contributed by atoms with Crippen molar-refractivity contribution in [3.8, 4) is 0 Å². The van der Waals surface area contributed by atoms with E-state index >= 15 is 0 Å². The van der Waals surface area contributed by atoms with Crippen LogP contribution in [0.3, 0.4) is 0 Å². The third kappa shape index (κ3) is 3.33. The smallest absolute Gasteiger partial charge is 0.260 e. The Hall–Kier alpha value is -2.00. The minimum absolute atomic E-state index is 0.123. The van der Waals surface area contributed by atoms with Gasteiger partial charge < -0.3 is 0 Å². The van der Waals surface area contributed by atoms with E-state index in [1.165, 1.54) is 23.9 Å². The van der Waals surface area contributed by atoms with Crippen LogP contribution in [0, 0.1) is 0 Å². The van der Waals surface area contributed by atoms with Gasteiger partial charge >= 0.3 is 0 Å². The lowest BCUT2D eigenvalue weighted by Crippen LogP contribution is -1.86. The summed E-state index contributed by atoms with van der Waals surface area (Å²) in [6.07, 6.45) is 0. The molecule has 0 aliphatic heterocycles. The van der Waals surface area contributed by atoms with Gasteiger partial charge in [0.15, 0.2) is 0 Å². The fourth-order valence-electron chi connectivity index (χ4n) is 0.746. The Labute approximate surface area is 88.0 Å². The summed E-state index contributed by atoms with van der Waals surface area (Å²) < 4.78 is 0. The standard InChI is InChI=1S/C3H6B3N9/c4-13-10-1-7-2(11-14-5)9-3(8-1)12-15-6/h4-6H2. The average molecular weight is 201 g/mol. The third-order valence-electron chi connectivity index (χ3n) is 1.17. The second-order valence-electron chi connectivity index (χ2n) is 2.14. The summed E-state index contributed by atoms with van der Waals surface area (Å²) in [5.74, 6) is 0.368. The average Bonchev–Trinajstić information content (AvgIpc) is 2.19. The molecule has 0 amide bonds. The van der Waals surface area contributed by atoms with Gasteiger partial charge in [-0.2, -0.15) is 15.0 Å². The molecule has 0 bridgehead atoms. The van der Waals surface area contributed by atoms with Crippen molar-refractivity contribution in [3.63, 3.8) is 0 Å². The van der Waals surface area contributed by atoms with Crippen LogP contribution in [0.25, 0.3) is 0 Å². The van der Waals surface area contributed by atoms with Crippen molar-refractivity contribution in [2.45, 2.75) is 0 Å². The van der Waals surface area contributed by atoms with E-state index in [0.717, 1.165) is 0 Å². The van der Waals surface area contributed by atoms with Crippen LogP contribution in [-0.4, -0.2) is 38.9 Å². The van der Waals surface area contributed by atoms with Gasteiger partial charge in [-0.15, -0.1) is 15.3 Å². The predicted octanol–water partition coefficient (Wildman–Crippen LogP) is -1.23. The van der Waals surface area contributed by atoms with Crippen molar-refractivity contribution >= 4 is 41.8 Å². The number of nitrogens with zero attached hydrogens (tertiary/aromatic N) is 9. The van der Waals surface area contributed by atoms with E-state index < -0.39 is 0 Å². The van der Waals surface area contributed by atoms with Gasteiger partial charge in [0.25, 0.3) is 41.8 Å². The molecule has 1 aromatic rings. The first-order valence-electron chi connectivity index (χ1n) is 3.95. The summed E-state index contributed by atoms with van der Waals surface area (Å²) in [6, 6.07) is 0. The van der Waals surface area contributed by atoms with E-state index in [9.17, 15) is 0 Å². The second-order valence-corrected chi connectivity index (χ2v) is 2.14. The highest BCUT2D eigenvalue weighted by atomic mass is 15.3. The van der Waals surface area contributed by atoms with Crippen LogP contribution in [0.5, 0.6) is 0 Å². The molecule has 1 aromatic heterocycles. The molecule has 0 fully saturated rings. The molecule has 0 saturated heterocycles. The van der Waals surface area contributed by atoms with Crippen molar-refractivity contribution < 1.29 is 0 Å². The molecule has 0 unspecified atom stereocenters. The summed E-state index contributed by atoms with van der Waals surface area (Å²) in [6.45, 7) is 0. The molecule has 0 atom stereocenters. The summed E-state index contributed by atoms with van der Waals surface area (Å²) >= 11 is 0. The lowest BCUT2D eigenvalue weighted by atomic mass is 10.5. The molecule has 1 rings (SSSR count). The topological polar surface area (TPSA) is 113 Å². The molecule has 0 N–H and O–H groups in total. The lowest BCUT2D eigenvalue weighted by molar-refractivity contribution is 0.968. The molecule has 9 nitrogen and oxygen atoms in total. The minimum atomic E-state index is 0.123. The normalized spacial score (nSPS) is 12.0. The first kappa shape index (κ1) is 11.1. The predicted molar refractivity (Wildman–Crippen MR) is 59.0 cm³/mol. The summed E-state index contributed by atoms with van der Waals surface area (Å²) in [4.78, 5) is 11.6. The number of hydrogen-bond acceptors (Lipinski definition) is 9. The monoisotopic (exact) mass is 201 g/mol. The number of aromatic nitrogens is 3. The van der Waals surface area contributed by atoms with E-state index in [1.807, 2.05) is 0 Å². The molecule has 0 spiro atoms. The first-order valence-corrected chi connectivity index (χ1v) is 3.95. The third-order valence-corrected chi connectivity index (χ3v) is 1.17. The maximum atomic E-state index is 3.85. The zero-order valence-corrected chi connectivity index (χ0v) is 8.52. The van der Waals surface area contributed by atoms with E-state index in [1.54, 1.807) is 0 Å². The molecule has 0 aliphatic carbocycles. The van der Waals surface area contributed by atoms with Gasteiger partial charge in [-0.1, -0.05) is 0 Å².